The molecule has 1 aliphatic rings. The molecular formula is C21H22N4. The second-order valence-electron chi connectivity index (χ2n) is 7.11. The summed E-state index contributed by atoms with van der Waals surface area (Å²) in [5.74, 6) is 1.12. The number of hydrogen-bond donors (Lipinski definition) is 0. The first kappa shape index (κ1) is 14.8. The fourth-order valence-corrected chi connectivity index (χ4v) is 4.02. The maximum Gasteiger partial charge on any atom is 0.148 e. The second kappa shape index (κ2) is 5.81. The van der Waals surface area contributed by atoms with Crippen LogP contribution in [-0.4, -0.2) is 38.9 Å². The summed E-state index contributed by atoms with van der Waals surface area (Å²) >= 11 is 0. The summed E-state index contributed by atoms with van der Waals surface area (Å²) < 4.78 is 2.27. The Hall–Kier alpha value is -2.46. The number of likely N-dealkylation sites (tertiary alicyclic amines) is 1. The van der Waals surface area contributed by atoms with Gasteiger partial charge >= 0.3 is 0 Å². The van der Waals surface area contributed by atoms with E-state index in [1.54, 1.807) is 0 Å². The third-order valence-electron chi connectivity index (χ3n) is 5.31. The van der Waals surface area contributed by atoms with E-state index in [0.29, 0.717) is 0 Å². The predicted octanol–water partition coefficient (Wildman–Crippen LogP) is 3.98. The Kier molecular flexibility index (Phi) is 3.45. The first-order valence-corrected chi connectivity index (χ1v) is 9.18. The van der Waals surface area contributed by atoms with Crippen molar-refractivity contribution >= 4 is 27.6 Å². The fraction of sp³-hybridized carbons (Fsp3) is 0.333. The van der Waals surface area contributed by atoms with Gasteiger partial charge in [0.25, 0.3) is 0 Å². The van der Waals surface area contributed by atoms with Crippen LogP contribution in [0.15, 0.2) is 42.5 Å². The van der Waals surface area contributed by atoms with Crippen LogP contribution in [0.3, 0.4) is 0 Å². The third kappa shape index (κ3) is 2.48. The number of aromatic nitrogens is 3. The van der Waals surface area contributed by atoms with Crippen molar-refractivity contribution in [3.05, 3.63) is 53.9 Å². The zero-order valence-electron chi connectivity index (χ0n) is 14.6. The van der Waals surface area contributed by atoms with Crippen LogP contribution in [0.1, 0.15) is 24.2 Å². The average Bonchev–Trinajstić information content (AvgIpc) is 3.27. The molecular weight excluding hydrogens is 308 g/mol. The van der Waals surface area contributed by atoms with Crippen LogP contribution in [0.25, 0.3) is 27.6 Å². The fourth-order valence-electron chi connectivity index (χ4n) is 4.02. The predicted molar refractivity (Wildman–Crippen MR) is 102 cm³/mol. The van der Waals surface area contributed by atoms with Crippen LogP contribution in [0.5, 0.6) is 0 Å². The highest BCUT2D eigenvalue weighted by molar-refractivity contribution is 5.96. The Morgan fingerprint density at radius 1 is 0.960 bits per heavy atom. The van der Waals surface area contributed by atoms with Gasteiger partial charge in [0.05, 0.1) is 16.6 Å². The van der Waals surface area contributed by atoms with Gasteiger partial charge < -0.3 is 4.90 Å². The van der Waals surface area contributed by atoms with Crippen molar-refractivity contribution in [1.29, 1.82) is 0 Å². The van der Waals surface area contributed by atoms with Crippen LogP contribution in [0.2, 0.25) is 0 Å². The minimum absolute atomic E-state index is 0.959. The number of nitrogens with zero attached hydrogens (tertiary/aromatic N) is 4. The third-order valence-corrected chi connectivity index (χ3v) is 5.31. The van der Waals surface area contributed by atoms with E-state index in [0.717, 1.165) is 46.4 Å². The number of para-hydroxylation sites is 2. The van der Waals surface area contributed by atoms with Gasteiger partial charge in [-0.05, 0) is 57.1 Å². The van der Waals surface area contributed by atoms with Crippen molar-refractivity contribution in [2.45, 2.75) is 26.2 Å². The average molecular weight is 330 g/mol. The highest BCUT2D eigenvalue weighted by atomic mass is 15.1. The van der Waals surface area contributed by atoms with Gasteiger partial charge in [-0.3, -0.25) is 4.40 Å². The first-order valence-electron chi connectivity index (χ1n) is 9.18. The molecule has 3 heterocycles. The lowest BCUT2D eigenvalue weighted by atomic mass is 10.1. The van der Waals surface area contributed by atoms with E-state index >= 15 is 0 Å². The maximum absolute atomic E-state index is 5.02. The van der Waals surface area contributed by atoms with Crippen LogP contribution in [0, 0.1) is 6.92 Å². The van der Waals surface area contributed by atoms with E-state index < -0.39 is 0 Å². The minimum atomic E-state index is 0.959. The van der Waals surface area contributed by atoms with E-state index in [1.807, 2.05) is 0 Å². The Morgan fingerprint density at radius 3 is 2.68 bits per heavy atom. The first-order chi connectivity index (χ1) is 12.3. The number of fused-ring (bicyclic) bond motifs is 5. The molecule has 4 aromatic rings. The lowest BCUT2D eigenvalue weighted by Gasteiger charge is -2.15. The molecule has 0 atom stereocenters. The van der Waals surface area contributed by atoms with Gasteiger partial charge in [-0.1, -0.05) is 23.8 Å². The molecule has 1 fully saturated rings. The van der Waals surface area contributed by atoms with Gasteiger partial charge in [-0.25, -0.2) is 9.97 Å². The van der Waals surface area contributed by atoms with Crippen molar-refractivity contribution in [2.24, 2.45) is 0 Å². The number of hydrogen-bond acceptors (Lipinski definition) is 3. The molecule has 0 N–H and O–H groups in total. The molecule has 1 saturated heterocycles. The maximum atomic E-state index is 5.02. The molecule has 2 aromatic heterocycles. The molecule has 5 rings (SSSR count). The molecule has 126 valence electrons. The van der Waals surface area contributed by atoms with Crippen molar-refractivity contribution in [2.75, 3.05) is 19.6 Å². The topological polar surface area (TPSA) is 33.4 Å². The van der Waals surface area contributed by atoms with Crippen LogP contribution in [-0.2, 0) is 6.42 Å². The summed E-state index contributed by atoms with van der Waals surface area (Å²) in [5.41, 5.74) is 5.52. The molecule has 2 aromatic carbocycles. The van der Waals surface area contributed by atoms with Crippen molar-refractivity contribution < 1.29 is 0 Å². The summed E-state index contributed by atoms with van der Waals surface area (Å²) in [5, 5.41) is 1.14. The molecule has 0 bridgehead atoms. The van der Waals surface area contributed by atoms with E-state index in [2.05, 4.69) is 58.7 Å². The standard InChI is InChI=1S/C21H22N4/c1-15-8-9-17-16(14-15)21-23-18-6-2-3-7-19(18)25(21)20(22-17)10-13-24-11-4-5-12-24/h2-3,6-9,14H,4-5,10-13H2,1H3. The number of aryl methyl sites for hydroxylation is 1. The van der Waals surface area contributed by atoms with E-state index in [-0.39, 0.29) is 0 Å². The lowest BCUT2D eigenvalue weighted by molar-refractivity contribution is 0.340. The summed E-state index contributed by atoms with van der Waals surface area (Å²) in [4.78, 5) is 12.5. The summed E-state index contributed by atoms with van der Waals surface area (Å²) in [6.07, 6.45) is 3.61. The minimum Gasteiger partial charge on any atom is -0.303 e. The molecule has 0 saturated carbocycles. The molecule has 0 amide bonds. The molecule has 25 heavy (non-hydrogen) atoms. The molecule has 0 aliphatic carbocycles. The molecule has 4 heteroatoms. The molecule has 4 nitrogen and oxygen atoms in total. The van der Waals surface area contributed by atoms with Crippen LogP contribution in [0.4, 0.5) is 0 Å². The van der Waals surface area contributed by atoms with Crippen molar-refractivity contribution in [3.8, 4) is 0 Å². The van der Waals surface area contributed by atoms with E-state index in [9.17, 15) is 0 Å². The normalized spacial score (nSPS) is 15.7. The van der Waals surface area contributed by atoms with E-state index in [4.69, 9.17) is 9.97 Å². The monoisotopic (exact) mass is 330 g/mol. The Balaban J connectivity index is 1.74. The van der Waals surface area contributed by atoms with Gasteiger partial charge in [0, 0.05) is 18.4 Å². The van der Waals surface area contributed by atoms with Crippen molar-refractivity contribution in [1.82, 2.24) is 19.3 Å². The Morgan fingerprint density at radius 2 is 1.80 bits per heavy atom. The van der Waals surface area contributed by atoms with Crippen molar-refractivity contribution in [3.63, 3.8) is 0 Å². The highest BCUT2D eigenvalue weighted by Gasteiger charge is 2.16. The van der Waals surface area contributed by atoms with Gasteiger partial charge in [0.15, 0.2) is 0 Å². The van der Waals surface area contributed by atoms with Gasteiger partial charge in [-0.15, -0.1) is 0 Å². The Labute approximate surface area is 147 Å². The SMILES string of the molecule is Cc1ccc2nc(CCN3CCCC3)n3c4ccccc4nc3c2c1. The molecule has 0 spiro atoms. The van der Waals surface area contributed by atoms with Gasteiger partial charge in [0.2, 0.25) is 0 Å². The second-order valence-corrected chi connectivity index (χ2v) is 7.11. The zero-order chi connectivity index (χ0) is 16.8. The summed E-state index contributed by atoms with van der Waals surface area (Å²) in [6, 6.07) is 14.9. The Bertz CT molecular complexity index is 1070. The number of rotatable bonds is 3. The van der Waals surface area contributed by atoms with Crippen LogP contribution < -0.4 is 0 Å². The summed E-state index contributed by atoms with van der Waals surface area (Å²) in [6.45, 7) is 5.65. The molecule has 0 unspecified atom stereocenters. The smallest absolute Gasteiger partial charge is 0.148 e. The zero-order valence-corrected chi connectivity index (χ0v) is 14.6. The number of benzene rings is 2. The molecule has 0 radical (unpaired) electrons. The van der Waals surface area contributed by atoms with Gasteiger partial charge in [-0.2, -0.15) is 0 Å². The largest absolute Gasteiger partial charge is 0.303 e. The number of imidazole rings is 1. The molecule has 1 aliphatic heterocycles. The lowest BCUT2D eigenvalue weighted by Crippen LogP contribution is -2.23. The quantitative estimate of drug-likeness (QED) is 0.570. The van der Waals surface area contributed by atoms with Gasteiger partial charge in [0.1, 0.15) is 11.5 Å². The highest BCUT2D eigenvalue weighted by Crippen LogP contribution is 2.26. The van der Waals surface area contributed by atoms with Crippen LogP contribution >= 0.6 is 0 Å². The summed E-state index contributed by atoms with van der Waals surface area (Å²) in [7, 11) is 0. The van der Waals surface area contributed by atoms with E-state index in [1.165, 1.54) is 31.5 Å².